The zero-order valence-corrected chi connectivity index (χ0v) is 4.75. The Balaban J connectivity index is 3.20. The van der Waals surface area contributed by atoms with Crippen molar-refractivity contribution in [3.63, 3.8) is 0 Å². The van der Waals surface area contributed by atoms with Crippen LogP contribution in [-0.4, -0.2) is 6.43 Å². The Kier molecular flexibility index (Phi) is 4.24. The van der Waals surface area contributed by atoms with Crippen LogP contribution in [0.15, 0.2) is 0 Å². The van der Waals surface area contributed by atoms with Crippen molar-refractivity contribution in [1.29, 1.82) is 0 Å². The summed E-state index contributed by atoms with van der Waals surface area (Å²) in [6.07, 6.45) is -1.04. The largest absolute Gasteiger partial charge is 0.298 e. The molecule has 0 fully saturated rings. The second-order valence-corrected chi connectivity index (χ2v) is 1.37. The molecule has 0 rings (SSSR count). The van der Waals surface area contributed by atoms with Crippen molar-refractivity contribution in [3.05, 3.63) is 0 Å². The molecule has 0 unspecified atom stereocenters. The summed E-state index contributed by atoms with van der Waals surface area (Å²) in [4.78, 5) is 0. The third-order valence-corrected chi connectivity index (χ3v) is 0.586. The summed E-state index contributed by atoms with van der Waals surface area (Å²) >= 11 is 0. The molecule has 0 heterocycles. The highest BCUT2D eigenvalue weighted by Crippen LogP contribution is 1.88. The molecule has 0 aromatic carbocycles. The molecule has 0 aromatic rings. The summed E-state index contributed by atoms with van der Waals surface area (Å²) in [5, 5.41) is 0. The van der Waals surface area contributed by atoms with Gasteiger partial charge in [-0.3, -0.25) is 0 Å². The maximum atomic E-state index is 11.2. The first-order valence-electron chi connectivity index (χ1n) is 2.54. The predicted octanol–water partition coefficient (Wildman–Crippen LogP) is 2.06. The Morgan fingerprint density at radius 3 is 2.50 bits per heavy atom. The van der Waals surface area contributed by atoms with E-state index in [1.165, 1.54) is 0 Å². The zero-order valence-electron chi connectivity index (χ0n) is 4.75. The van der Waals surface area contributed by atoms with Crippen LogP contribution in [0.5, 0.6) is 0 Å². The van der Waals surface area contributed by atoms with Crippen molar-refractivity contribution < 1.29 is 8.78 Å². The quantitative estimate of drug-likeness (QED) is 0.462. The molecule has 0 aromatic heterocycles. The Hall–Kier alpha value is -0.580. The van der Waals surface area contributed by atoms with Crippen molar-refractivity contribution in [2.45, 2.75) is 26.2 Å². The Morgan fingerprint density at radius 1 is 1.50 bits per heavy atom. The average molecular weight is 118 g/mol. The van der Waals surface area contributed by atoms with Crippen molar-refractivity contribution in [2.24, 2.45) is 0 Å². The number of hydrogen-bond acceptors (Lipinski definition) is 0. The smallest absolute Gasteiger partial charge is 0.196 e. The summed E-state index contributed by atoms with van der Waals surface area (Å²) in [5.41, 5.74) is 0. The molecule has 0 bridgehead atoms. The van der Waals surface area contributed by atoms with E-state index in [0.29, 0.717) is 6.42 Å². The molecule has 0 spiro atoms. The molecule has 0 aliphatic rings. The summed E-state index contributed by atoms with van der Waals surface area (Å²) in [5.74, 6) is 4.10. The van der Waals surface area contributed by atoms with Gasteiger partial charge in [0.25, 0.3) is 6.43 Å². The summed E-state index contributed by atoms with van der Waals surface area (Å²) in [6, 6.07) is 0. The standard InChI is InChI=1S/C6H8F2/c1-2-3-4-5-6(7)8/h6H,2-3H2,1H3. The van der Waals surface area contributed by atoms with Gasteiger partial charge in [-0.25, -0.2) is 0 Å². The highest BCUT2D eigenvalue weighted by molar-refractivity contribution is 5.00. The number of alkyl halides is 2. The van der Waals surface area contributed by atoms with E-state index >= 15 is 0 Å². The minimum atomic E-state index is -2.46. The molecule has 0 aliphatic heterocycles. The monoisotopic (exact) mass is 118 g/mol. The van der Waals surface area contributed by atoms with Gasteiger partial charge in [0.2, 0.25) is 0 Å². The molecule has 8 heavy (non-hydrogen) atoms. The van der Waals surface area contributed by atoms with Gasteiger partial charge in [0, 0.05) is 6.42 Å². The van der Waals surface area contributed by atoms with Gasteiger partial charge >= 0.3 is 0 Å². The highest BCUT2D eigenvalue weighted by Gasteiger charge is 1.88. The van der Waals surface area contributed by atoms with E-state index in [-0.39, 0.29) is 0 Å². The normalized spacial score (nSPS) is 8.50. The van der Waals surface area contributed by atoms with E-state index in [4.69, 9.17) is 0 Å². The van der Waals surface area contributed by atoms with Gasteiger partial charge in [-0.2, -0.15) is 8.78 Å². The SMILES string of the molecule is CCCC#CC(F)F. The first kappa shape index (κ1) is 7.42. The van der Waals surface area contributed by atoms with Crippen molar-refractivity contribution in [3.8, 4) is 11.8 Å². The van der Waals surface area contributed by atoms with Crippen LogP contribution in [0.25, 0.3) is 0 Å². The second kappa shape index (κ2) is 4.58. The Morgan fingerprint density at radius 2 is 2.12 bits per heavy atom. The fourth-order valence-electron chi connectivity index (χ4n) is 0.274. The van der Waals surface area contributed by atoms with E-state index in [0.717, 1.165) is 6.42 Å². The van der Waals surface area contributed by atoms with Gasteiger partial charge in [0.05, 0.1) is 0 Å². The maximum absolute atomic E-state index is 11.2. The van der Waals surface area contributed by atoms with Gasteiger partial charge in [0.1, 0.15) is 0 Å². The number of hydrogen-bond donors (Lipinski definition) is 0. The third kappa shape index (κ3) is 5.42. The topological polar surface area (TPSA) is 0 Å². The number of halogens is 2. The lowest BCUT2D eigenvalue weighted by atomic mass is 10.3. The summed E-state index contributed by atoms with van der Waals surface area (Å²) in [7, 11) is 0. The lowest BCUT2D eigenvalue weighted by Crippen LogP contribution is -1.79. The van der Waals surface area contributed by atoms with E-state index in [9.17, 15) is 8.78 Å². The Bertz CT molecular complexity index is 96.8. The Labute approximate surface area is 47.9 Å². The first-order chi connectivity index (χ1) is 3.77. The van der Waals surface area contributed by atoms with E-state index in [2.05, 4.69) is 5.92 Å². The van der Waals surface area contributed by atoms with Gasteiger partial charge in [0.15, 0.2) is 0 Å². The second-order valence-electron chi connectivity index (χ2n) is 1.37. The lowest BCUT2D eigenvalue weighted by Gasteiger charge is -1.78. The lowest BCUT2D eigenvalue weighted by molar-refractivity contribution is 0.215. The average Bonchev–Trinajstić information content (AvgIpc) is 1.66. The highest BCUT2D eigenvalue weighted by atomic mass is 19.3. The summed E-state index contributed by atoms with van der Waals surface area (Å²) in [6.45, 7) is 1.90. The minimum Gasteiger partial charge on any atom is -0.196 e. The molecular weight excluding hydrogens is 110 g/mol. The van der Waals surface area contributed by atoms with Crippen LogP contribution < -0.4 is 0 Å². The molecule has 46 valence electrons. The first-order valence-corrected chi connectivity index (χ1v) is 2.54. The number of unbranched alkanes of at least 4 members (excludes halogenated alkanes) is 1. The van der Waals surface area contributed by atoms with Gasteiger partial charge in [-0.1, -0.05) is 12.8 Å². The maximum Gasteiger partial charge on any atom is 0.298 e. The molecule has 0 amide bonds. The van der Waals surface area contributed by atoms with E-state index < -0.39 is 6.43 Å². The van der Waals surface area contributed by atoms with Crippen LogP contribution in [0.2, 0.25) is 0 Å². The van der Waals surface area contributed by atoms with Crippen molar-refractivity contribution >= 4 is 0 Å². The molecule has 0 aliphatic carbocycles. The fourth-order valence-corrected chi connectivity index (χ4v) is 0.274. The van der Waals surface area contributed by atoms with Crippen LogP contribution in [0.3, 0.4) is 0 Å². The zero-order chi connectivity index (χ0) is 6.41. The summed E-state index contributed by atoms with van der Waals surface area (Å²) < 4.78 is 22.4. The van der Waals surface area contributed by atoms with Crippen LogP contribution in [-0.2, 0) is 0 Å². The molecule has 0 nitrogen and oxygen atoms in total. The molecule has 2 heteroatoms. The van der Waals surface area contributed by atoms with Gasteiger partial charge < -0.3 is 0 Å². The molecule has 0 radical (unpaired) electrons. The van der Waals surface area contributed by atoms with Gasteiger partial charge in [-0.15, -0.1) is 0 Å². The molecule has 0 atom stereocenters. The van der Waals surface area contributed by atoms with Crippen LogP contribution in [0, 0.1) is 11.8 Å². The predicted molar refractivity (Wildman–Crippen MR) is 28.7 cm³/mol. The minimum absolute atomic E-state index is 0.574. The molecular formula is C6H8F2. The third-order valence-electron chi connectivity index (χ3n) is 0.586. The van der Waals surface area contributed by atoms with Crippen LogP contribution >= 0.6 is 0 Å². The molecule has 0 saturated carbocycles. The fraction of sp³-hybridized carbons (Fsp3) is 0.667. The van der Waals surface area contributed by atoms with E-state index in [1.807, 2.05) is 6.92 Å². The van der Waals surface area contributed by atoms with Crippen LogP contribution in [0.1, 0.15) is 19.8 Å². The molecule has 0 N–H and O–H groups in total. The molecule has 0 saturated heterocycles. The van der Waals surface area contributed by atoms with Gasteiger partial charge in [-0.05, 0) is 12.3 Å². The van der Waals surface area contributed by atoms with Crippen LogP contribution in [0.4, 0.5) is 8.78 Å². The van der Waals surface area contributed by atoms with Crippen molar-refractivity contribution in [2.75, 3.05) is 0 Å². The van der Waals surface area contributed by atoms with E-state index in [1.54, 1.807) is 5.92 Å². The number of rotatable bonds is 1. The van der Waals surface area contributed by atoms with Crippen molar-refractivity contribution in [1.82, 2.24) is 0 Å².